The lowest BCUT2D eigenvalue weighted by Crippen LogP contribution is -2.23. The minimum Gasteiger partial charge on any atom is -0.361 e. The van der Waals surface area contributed by atoms with E-state index >= 15 is 0 Å². The van der Waals surface area contributed by atoms with Crippen molar-refractivity contribution in [1.82, 2.24) is 10.5 Å². The molecule has 0 radical (unpaired) electrons. The number of aryl methyl sites for hydroxylation is 2. The number of nitrogens with one attached hydrogen (secondary N) is 1. The number of benzene rings is 1. The smallest absolute Gasteiger partial charge is 0.252 e. The van der Waals surface area contributed by atoms with Crippen molar-refractivity contribution in [2.45, 2.75) is 20.4 Å². The molecule has 4 nitrogen and oxygen atoms in total. The van der Waals surface area contributed by atoms with E-state index in [2.05, 4.69) is 26.4 Å². The number of carbonyl (C=O) groups is 1. The topological polar surface area (TPSA) is 55.1 Å². The summed E-state index contributed by atoms with van der Waals surface area (Å²) in [6.45, 7) is 4.11. The van der Waals surface area contributed by atoms with Crippen molar-refractivity contribution in [3.05, 3.63) is 51.3 Å². The Morgan fingerprint density at radius 3 is 2.72 bits per heavy atom. The van der Waals surface area contributed by atoms with Crippen LogP contribution in [0.4, 0.5) is 0 Å². The van der Waals surface area contributed by atoms with Crippen molar-refractivity contribution < 1.29 is 9.32 Å². The Kier molecular flexibility index (Phi) is 3.81. The molecule has 2 rings (SSSR count). The molecule has 1 heterocycles. The standard InChI is InChI=1S/C13H13BrN2O2/c1-8-11(9(2)18-16-8)7-15-13(17)10-5-3-4-6-12(10)14/h3-6H,7H2,1-2H3,(H,15,17). The zero-order chi connectivity index (χ0) is 13.1. The van der Waals surface area contributed by atoms with Crippen LogP contribution in [0.1, 0.15) is 27.4 Å². The summed E-state index contributed by atoms with van der Waals surface area (Å²) in [5, 5.41) is 6.70. The largest absolute Gasteiger partial charge is 0.361 e. The molecule has 18 heavy (non-hydrogen) atoms. The van der Waals surface area contributed by atoms with Crippen molar-refractivity contribution in [3.63, 3.8) is 0 Å². The molecule has 94 valence electrons. The zero-order valence-corrected chi connectivity index (χ0v) is 11.7. The Bertz CT molecular complexity index is 559. The number of carbonyl (C=O) groups excluding carboxylic acids is 1. The fourth-order valence-electron chi connectivity index (χ4n) is 1.66. The lowest BCUT2D eigenvalue weighted by atomic mass is 10.2. The molecule has 0 aliphatic carbocycles. The highest BCUT2D eigenvalue weighted by atomic mass is 79.9. The first-order valence-corrected chi connectivity index (χ1v) is 6.33. The molecule has 0 fully saturated rings. The molecule has 0 unspecified atom stereocenters. The third kappa shape index (κ3) is 2.61. The first-order valence-electron chi connectivity index (χ1n) is 5.54. The maximum absolute atomic E-state index is 12.0. The molecular weight excluding hydrogens is 296 g/mol. The Hall–Kier alpha value is -1.62. The molecule has 0 aliphatic heterocycles. The molecule has 1 aromatic carbocycles. The maximum atomic E-state index is 12.0. The molecule has 1 amide bonds. The number of hydrogen-bond donors (Lipinski definition) is 1. The monoisotopic (exact) mass is 308 g/mol. The van der Waals surface area contributed by atoms with Gasteiger partial charge in [0.1, 0.15) is 5.76 Å². The van der Waals surface area contributed by atoms with Gasteiger partial charge in [-0.05, 0) is 41.9 Å². The van der Waals surface area contributed by atoms with Gasteiger partial charge in [-0.1, -0.05) is 17.3 Å². The van der Waals surface area contributed by atoms with Gasteiger partial charge in [-0.25, -0.2) is 0 Å². The Morgan fingerprint density at radius 1 is 1.39 bits per heavy atom. The molecule has 2 aromatic rings. The molecular formula is C13H13BrN2O2. The van der Waals surface area contributed by atoms with Crippen LogP contribution in [0.2, 0.25) is 0 Å². The van der Waals surface area contributed by atoms with E-state index in [-0.39, 0.29) is 5.91 Å². The molecule has 1 aromatic heterocycles. The molecule has 0 atom stereocenters. The third-order valence-electron chi connectivity index (χ3n) is 2.73. The minimum absolute atomic E-state index is 0.123. The van der Waals surface area contributed by atoms with Gasteiger partial charge in [0.25, 0.3) is 5.91 Å². The van der Waals surface area contributed by atoms with Gasteiger partial charge in [0.2, 0.25) is 0 Å². The summed E-state index contributed by atoms with van der Waals surface area (Å²) in [6, 6.07) is 7.31. The fourth-order valence-corrected chi connectivity index (χ4v) is 2.13. The number of nitrogens with zero attached hydrogens (tertiary/aromatic N) is 1. The summed E-state index contributed by atoms with van der Waals surface area (Å²) in [5.74, 6) is 0.613. The van der Waals surface area contributed by atoms with E-state index in [9.17, 15) is 4.79 Å². The Labute approximate surface area is 113 Å². The average molecular weight is 309 g/mol. The van der Waals surface area contributed by atoms with Crippen LogP contribution in [-0.4, -0.2) is 11.1 Å². The quantitative estimate of drug-likeness (QED) is 0.948. The highest BCUT2D eigenvalue weighted by Crippen LogP contribution is 2.16. The number of rotatable bonds is 3. The van der Waals surface area contributed by atoms with Crippen molar-refractivity contribution >= 4 is 21.8 Å². The van der Waals surface area contributed by atoms with Crippen LogP contribution in [0.3, 0.4) is 0 Å². The first kappa shape index (κ1) is 12.8. The van der Waals surface area contributed by atoms with Gasteiger partial charge >= 0.3 is 0 Å². The summed E-state index contributed by atoms with van der Waals surface area (Å²) in [6.07, 6.45) is 0. The highest BCUT2D eigenvalue weighted by molar-refractivity contribution is 9.10. The van der Waals surface area contributed by atoms with Crippen LogP contribution in [0.15, 0.2) is 33.3 Å². The van der Waals surface area contributed by atoms with Gasteiger partial charge in [0.15, 0.2) is 0 Å². The minimum atomic E-state index is -0.123. The summed E-state index contributed by atoms with van der Waals surface area (Å²) >= 11 is 3.35. The molecule has 0 saturated heterocycles. The van der Waals surface area contributed by atoms with E-state index in [1.54, 1.807) is 6.07 Å². The first-order chi connectivity index (χ1) is 8.59. The summed E-state index contributed by atoms with van der Waals surface area (Å²) in [4.78, 5) is 12.0. The Morgan fingerprint density at radius 2 is 2.11 bits per heavy atom. The van der Waals surface area contributed by atoms with E-state index in [0.717, 1.165) is 21.5 Å². The third-order valence-corrected chi connectivity index (χ3v) is 3.42. The van der Waals surface area contributed by atoms with Crippen LogP contribution in [0.5, 0.6) is 0 Å². The summed E-state index contributed by atoms with van der Waals surface area (Å²) in [5.41, 5.74) is 2.35. The predicted molar refractivity (Wildman–Crippen MR) is 71.3 cm³/mol. The van der Waals surface area contributed by atoms with Crippen molar-refractivity contribution in [2.24, 2.45) is 0 Å². The van der Waals surface area contributed by atoms with Crippen LogP contribution in [0, 0.1) is 13.8 Å². The molecule has 0 saturated carbocycles. The normalized spacial score (nSPS) is 10.4. The lowest BCUT2D eigenvalue weighted by molar-refractivity contribution is 0.0950. The number of aromatic nitrogens is 1. The van der Waals surface area contributed by atoms with Crippen molar-refractivity contribution in [3.8, 4) is 0 Å². The van der Waals surface area contributed by atoms with Gasteiger partial charge in [-0.3, -0.25) is 4.79 Å². The van der Waals surface area contributed by atoms with Crippen LogP contribution in [0.25, 0.3) is 0 Å². The van der Waals surface area contributed by atoms with Crippen molar-refractivity contribution in [1.29, 1.82) is 0 Å². The van der Waals surface area contributed by atoms with Crippen LogP contribution < -0.4 is 5.32 Å². The maximum Gasteiger partial charge on any atom is 0.252 e. The van der Waals surface area contributed by atoms with E-state index < -0.39 is 0 Å². The zero-order valence-electron chi connectivity index (χ0n) is 10.2. The number of amides is 1. The van der Waals surface area contributed by atoms with Gasteiger partial charge in [-0.15, -0.1) is 0 Å². The predicted octanol–water partition coefficient (Wildman–Crippen LogP) is 2.98. The van der Waals surface area contributed by atoms with E-state index in [1.165, 1.54) is 0 Å². The average Bonchev–Trinajstić information content (AvgIpc) is 2.67. The van der Waals surface area contributed by atoms with Gasteiger partial charge in [-0.2, -0.15) is 0 Å². The fraction of sp³-hybridized carbons (Fsp3) is 0.231. The summed E-state index contributed by atoms with van der Waals surface area (Å²) in [7, 11) is 0. The van der Waals surface area contributed by atoms with Gasteiger partial charge < -0.3 is 9.84 Å². The second-order valence-electron chi connectivity index (χ2n) is 3.97. The van der Waals surface area contributed by atoms with Crippen LogP contribution in [-0.2, 0) is 6.54 Å². The lowest BCUT2D eigenvalue weighted by Gasteiger charge is -2.06. The second kappa shape index (κ2) is 5.35. The molecule has 1 N–H and O–H groups in total. The van der Waals surface area contributed by atoms with E-state index in [4.69, 9.17) is 4.52 Å². The number of halogens is 1. The molecule has 0 bridgehead atoms. The van der Waals surface area contributed by atoms with Crippen molar-refractivity contribution in [2.75, 3.05) is 0 Å². The van der Waals surface area contributed by atoms with Crippen LogP contribution >= 0.6 is 15.9 Å². The highest BCUT2D eigenvalue weighted by Gasteiger charge is 2.12. The Balaban J connectivity index is 2.08. The number of hydrogen-bond acceptors (Lipinski definition) is 3. The van der Waals surface area contributed by atoms with Gasteiger partial charge in [0.05, 0.1) is 11.3 Å². The SMILES string of the molecule is Cc1noc(C)c1CNC(=O)c1ccccc1Br. The molecule has 5 heteroatoms. The molecule has 0 aliphatic rings. The molecule has 0 spiro atoms. The van der Waals surface area contributed by atoms with E-state index in [1.807, 2.05) is 32.0 Å². The van der Waals surface area contributed by atoms with E-state index in [0.29, 0.717) is 12.1 Å². The summed E-state index contributed by atoms with van der Waals surface area (Å²) < 4.78 is 5.83. The van der Waals surface area contributed by atoms with Gasteiger partial charge in [0, 0.05) is 16.6 Å². The second-order valence-corrected chi connectivity index (χ2v) is 4.82.